The largest absolute Gasteiger partial charge is 0.436 e. The van der Waals surface area contributed by atoms with E-state index in [0.29, 0.717) is 38.4 Å². The van der Waals surface area contributed by atoms with E-state index in [1.807, 2.05) is 6.07 Å². The van der Waals surface area contributed by atoms with Gasteiger partial charge in [0.15, 0.2) is 5.69 Å². The van der Waals surface area contributed by atoms with Crippen molar-refractivity contribution in [2.75, 3.05) is 26.2 Å². The fraction of sp³-hybridized carbons (Fsp3) is 0.474. The van der Waals surface area contributed by atoms with Gasteiger partial charge in [-0.1, -0.05) is 12.1 Å². The standard InChI is InChI=1S/C19H21BrF4N4O/c1-13-17(20)18(19(22,23)24)25-28(13)6-5-16(29)27-9-7-26(8-10-27)12-14-3-2-4-15(21)11-14/h2-4,11H,5-10,12H2,1H3. The van der Waals surface area contributed by atoms with Crippen molar-refractivity contribution >= 4 is 21.8 Å². The summed E-state index contributed by atoms with van der Waals surface area (Å²) in [5, 5.41) is 3.60. The number of piperazine rings is 1. The first-order valence-corrected chi connectivity index (χ1v) is 9.99. The van der Waals surface area contributed by atoms with Crippen molar-refractivity contribution < 1.29 is 22.4 Å². The van der Waals surface area contributed by atoms with Crippen LogP contribution in [0.2, 0.25) is 0 Å². The van der Waals surface area contributed by atoms with Crippen molar-refractivity contribution in [2.24, 2.45) is 0 Å². The molecule has 1 saturated heterocycles. The molecule has 0 atom stereocenters. The highest BCUT2D eigenvalue weighted by Gasteiger charge is 2.38. The van der Waals surface area contributed by atoms with Gasteiger partial charge in [0.2, 0.25) is 5.91 Å². The third-order valence-electron chi connectivity index (χ3n) is 4.96. The number of amides is 1. The predicted molar refractivity (Wildman–Crippen MR) is 103 cm³/mol. The number of rotatable bonds is 5. The predicted octanol–water partition coefficient (Wildman–Crippen LogP) is 3.85. The Balaban J connectivity index is 1.50. The van der Waals surface area contributed by atoms with E-state index in [2.05, 4.69) is 25.9 Å². The number of hydrogen-bond donors (Lipinski definition) is 0. The molecule has 2 heterocycles. The zero-order valence-corrected chi connectivity index (χ0v) is 17.4. The maximum Gasteiger partial charge on any atom is 0.436 e. The Hall–Kier alpha value is -1.94. The van der Waals surface area contributed by atoms with Crippen molar-refractivity contribution in [1.29, 1.82) is 0 Å². The lowest BCUT2D eigenvalue weighted by Gasteiger charge is -2.34. The van der Waals surface area contributed by atoms with Gasteiger partial charge in [0.1, 0.15) is 5.82 Å². The number of aromatic nitrogens is 2. The first-order chi connectivity index (χ1) is 13.6. The smallest absolute Gasteiger partial charge is 0.340 e. The summed E-state index contributed by atoms with van der Waals surface area (Å²) >= 11 is 2.93. The van der Waals surface area contributed by atoms with Crippen molar-refractivity contribution in [3.63, 3.8) is 0 Å². The van der Waals surface area contributed by atoms with Crippen molar-refractivity contribution in [1.82, 2.24) is 19.6 Å². The van der Waals surface area contributed by atoms with Crippen molar-refractivity contribution in [2.45, 2.75) is 32.6 Å². The molecule has 0 radical (unpaired) electrons. The molecule has 5 nitrogen and oxygen atoms in total. The van der Waals surface area contributed by atoms with Crippen LogP contribution >= 0.6 is 15.9 Å². The van der Waals surface area contributed by atoms with E-state index in [0.717, 1.165) is 5.56 Å². The van der Waals surface area contributed by atoms with Gasteiger partial charge in [0.05, 0.1) is 16.7 Å². The minimum Gasteiger partial charge on any atom is -0.340 e. The van der Waals surface area contributed by atoms with E-state index < -0.39 is 11.9 Å². The molecule has 0 bridgehead atoms. The second-order valence-electron chi connectivity index (χ2n) is 7.01. The van der Waals surface area contributed by atoms with Gasteiger partial charge < -0.3 is 4.90 Å². The molecule has 0 aliphatic carbocycles. The van der Waals surface area contributed by atoms with Crippen LogP contribution in [0.1, 0.15) is 23.4 Å². The SMILES string of the molecule is Cc1c(Br)c(C(F)(F)F)nn1CCC(=O)N1CCN(Cc2cccc(F)c2)CC1. The number of benzene rings is 1. The van der Waals surface area contributed by atoms with Gasteiger partial charge >= 0.3 is 6.18 Å². The highest BCUT2D eigenvalue weighted by molar-refractivity contribution is 9.10. The van der Waals surface area contributed by atoms with Crippen molar-refractivity contribution in [3.05, 3.63) is 51.5 Å². The van der Waals surface area contributed by atoms with Crippen LogP contribution in [0, 0.1) is 12.7 Å². The van der Waals surface area contributed by atoms with Crippen LogP contribution in [0.25, 0.3) is 0 Å². The summed E-state index contributed by atoms with van der Waals surface area (Å²) in [5.41, 5.74) is 0.239. The molecule has 1 aromatic carbocycles. The Bertz CT molecular complexity index is 876. The first-order valence-electron chi connectivity index (χ1n) is 9.20. The molecule has 2 aromatic rings. The highest BCUT2D eigenvalue weighted by atomic mass is 79.9. The summed E-state index contributed by atoms with van der Waals surface area (Å²) in [6.07, 6.45) is -4.47. The number of alkyl halides is 3. The fourth-order valence-corrected chi connectivity index (χ4v) is 3.84. The highest BCUT2D eigenvalue weighted by Crippen LogP contribution is 2.35. The van der Waals surface area contributed by atoms with Crippen LogP contribution in [0.3, 0.4) is 0 Å². The van der Waals surface area contributed by atoms with E-state index in [1.165, 1.54) is 23.7 Å². The van der Waals surface area contributed by atoms with Gasteiger partial charge in [-0.2, -0.15) is 18.3 Å². The van der Waals surface area contributed by atoms with Crippen molar-refractivity contribution in [3.8, 4) is 0 Å². The summed E-state index contributed by atoms with van der Waals surface area (Å²) in [7, 11) is 0. The summed E-state index contributed by atoms with van der Waals surface area (Å²) in [5.74, 6) is -0.388. The van der Waals surface area contributed by atoms with Gasteiger partial charge in [-0.15, -0.1) is 0 Å². The molecule has 1 aliphatic heterocycles. The van der Waals surface area contributed by atoms with Crippen LogP contribution < -0.4 is 0 Å². The fourth-order valence-electron chi connectivity index (χ4n) is 3.33. The lowest BCUT2D eigenvalue weighted by Crippen LogP contribution is -2.48. The topological polar surface area (TPSA) is 41.4 Å². The summed E-state index contributed by atoms with van der Waals surface area (Å²) in [6.45, 7) is 4.61. The second-order valence-corrected chi connectivity index (χ2v) is 7.80. The zero-order valence-electron chi connectivity index (χ0n) is 15.8. The van der Waals surface area contributed by atoms with E-state index in [4.69, 9.17) is 0 Å². The van der Waals surface area contributed by atoms with E-state index in [-0.39, 0.29) is 29.2 Å². The van der Waals surface area contributed by atoms with Crippen LogP contribution in [0.15, 0.2) is 28.7 Å². The van der Waals surface area contributed by atoms with Gasteiger partial charge in [-0.25, -0.2) is 4.39 Å². The van der Waals surface area contributed by atoms with Crippen LogP contribution in [-0.4, -0.2) is 51.7 Å². The number of hydrogen-bond acceptors (Lipinski definition) is 3. The normalized spacial score (nSPS) is 15.7. The Morgan fingerprint density at radius 3 is 2.48 bits per heavy atom. The molecule has 1 fully saturated rings. The molecule has 0 saturated carbocycles. The lowest BCUT2D eigenvalue weighted by atomic mass is 10.2. The number of carbonyl (C=O) groups is 1. The third-order valence-corrected chi connectivity index (χ3v) is 5.91. The van der Waals surface area contributed by atoms with Gasteiger partial charge in [-0.3, -0.25) is 14.4 Å². The molecule has 3 rings (SSSR count). The molecule has 0 N–H and O–H groups in total. The summed E-state index contributed by atoms with van der Waals surface area (Å²) in [4.78, 5) is 16.3. The van der Waals surface area contributed by atoms with Crippen LogP contribution in [-0.2, 0) is 24.1 Å². The number of aryl methyl sites for hydroxylation is 1. The molecule has 1 amide bonds. The number of halogens is 5. The average Bonchev–Trinajstić information content (AvgIpc) is 2.95. The van der Waals surface area contributed by atoms with E-state index >= 15 is 0 Å². The molecule has 158 valence electrons. The number of carbonyl (C=O) groups excluding carboxylic acids is 1. The molecule has 1 aliphatic rings. The Kier molecular flexibility index (Phi) is 6.62. The van der Waals surface area contributed by atoms with Gasteiger partial charge in [0.25, 0.3) is 0 Å². The molecule has 1 aromatic heterocycles. The number of nitrogens with zero attached hydrogens (tertiary/aromatic N) is 4. The average molecular weight is 477 g/mol. The van der Waals surface area contributed by atoms with E-state index in [9.17, 15) is 22.4 Å². The first kappa shape index (κ1) is 21.8. The molecule has 29 heavy (non-hydrogen) atoms. The Morgan fingerprint density at radius 1 is 1.21 bits per heavy atom. The minimum absolute atomic E-state index is 0.0795. The van der Waals surface area contributed by atoms with E-state index in [1.54, 1.807) is 11.0 Å². The zero-order chi connectivity index (χ0) is 21.2. The summed E-state index contributed by atoms with van der Waals surface area (Å²) in [6, 6.07) is 6.43. The maximum atomic E-state index is 13.3. The monoisotopic (exact) mass is 476 g/mol. The summed E-state index contributed by atoms with van der Waals surface area (Å²) < 4.78 is 53.2. The quantitative estimate of drug-likeness (QED) is 0.615. The molecule has 10 heteroatoms. The molecule has 0 spiro atoms. The lowest BCUT2D eigenvalue weighted by molar-refractivity contribution is -0.142. The minimum atomic E-state index is -4.54. The van der Waals surface area contributed by atoms with Gasteiger partial charge in [0, 0.05) is 39.1 Å². The second kappa shape index (κ2) is 8.83. The molecular weight excluding hydrogens is 456 g/mol. The Labute approximate surface area is 174 Å². The molecule has 0 unspecified atom stereocenters. The van der Waals surface area contributed by atoms with Crippen LogP contribution in [0.4, 0.5) is 17.6 Å². The molecular formula is C19H21BrF4N4O. The van der Waals surface area contributed by atoms with Crippen LogP contribution in [0.5, 0.6) is 0 Å². The Morgan fingerprint density at radius 2 is 1.90 bits per heavy atom. The van der Waals surface area contributed by atoms with Gasteiger partial charge in [-0.05, 0) is 40.5 Å². The maximum absolute atomic E-state index is 13.3. The third kappa shape index (κ3) is 5.36.